The lowest BCUT2D eigenvalue weighted by Gasteiger charge is -2.05. The van der Waals surface area contributed by atoms with E-state index in [9.17, 15) is 4.79 Å². The van der Waals surface area contributed by atoms with Crippen LogP contribution in [0.25, 0.3) is 10.6 Å². The van der Waals surface area contributed by atoms with Gasteiger partial charge in [-0.2, -0.15) is 0 Å². The maximum absolute atomic E-state index is 12.3. The summed E-state index contributed by atoms with van der Waals surface area (Å²) in [5.41, 5.74) is 0.499. The van der Waals surface area contributed by atoms with Gasteiger partial charge in [-0.3, -0.25) is 4.79 Å². The molecule has 1 N–H and O–H groups in total. The lowest BCUT2D eigenvalue weighted by Crippen LogP contribution is -2.22. The molecule has 2 aromatic heterocycles. The van der Waals surface area contributed by atoms with E-state index in [4.69, 9.17) is 4.74 Å². The molecule has 2 aromatic rings. The highest BCUT2D eigenvalue weighted by Crippen LogP contribution is 2.23. The second-order valence-electron chi connectivity index (χ2n) is 3.86. The maximum Gasteiger partial charge on any atom is 0.261 e. The van der Waals surface area contributed by atoms with Gasteiger partial charge in [0.05, 0.1) is 12.2 Å². The first-order chi connectivity index (χ1) is 9.26. The Bertz CT molecular complexity index is 593. The molecule has 0 aliphatic carbocycles. The van der Waals surface area contributed by atoms with Gasteiger partial charge in [0, 0.05) is 26.4 Å². The van der Waals surface area contributed by atoms with Crippen LogP contribution in [0.3, 0.4) is 0 Å². The molecule has 0 spiro atoms. The fraction of sp³-hybridized carbons (Fsp3) is 0.417. The normalized spacial score (nSPS) is 10.6. The minimum absolute atomic E-state index is 0.0706. The average molecular weight is 280 g/mol. The maximum atomic E-state index is 12.3. The minimum Gasteiger partial charge on any atom is -0.383 e. The topological polar surface area (TPSA) is 69.0 Å². The highest BCUT2D eigenvalue weighted by molar-refractivity contribution is 7.18. The zero-order valence-corrected chi connectivity index (χ0v) is 11.7. The van der Waals surface area contributed by atoms with E-state index in [0.29, 0.717) is 23.7 Å². The van der Waals surface area contributed by atoms with Crippen LogP contribution in [0.15, 0.2) is 23.1 Å². The van der Waals surface area contributed by atoms with E-state index in [2.05, 4.69) is 15.5 Å². The summed E-state index contributed by atoms with van der Waals surface area (Å²) in [5, 5.41) is 12.5. The van der Waals surface area contributed by atoms with Crippen LogP contribution in [-0.4, -0.2) is 35.0 Å². The second-order valence-corrected chi connectivity index (χ2v) is 4.83. The summed E-state index contributed by atoms with van der Waals surface area (Å²) >= 11 is 1.38. The molecule has 0 radical (unpaired) electrons. The Kier molecular flexibility index (Phi) is 4.64. The van der Waals surface area contributed by atoms with Crippen LogP contribution >= 0.6 is 11.3 Å². The van der Waals surface area contributed by atoms with Gasteiger partial charge in [0.1, 0.15) is 0 Å². The number of pyridine rings is 1. The van der Waals surface area contributed by atoms with E-state index in [1.807, 2.05) is 13.0 Å². The molecule has 2 rings (SSSR count). The molecule has 0 saturated heterocycles. The predicted molar refractivity (Wildman–Crippen MR) is 75.6 cm³/mol. The smallest absolute Gasteiger partial charge is 0.261 e. The number of anilines is 1. The van der Waals surface area contributed by atoms with Crippen molar-refractivity contribution in [1.29, 1.82) is 0 Å². The van der Waals surface area contributed by atoms with Crippen molar-refractivity contribution in [2.24, 2.45) is 0 Å². The van der Waals surface area contributed by atoms with E-state index < -0.39 is 0 Å². The molecule has 0 fully saturated rings. The van der Waals surface area contributed by atoms with Gasteiger partial charge in [0.15, 0.2) is 5.01 Å². The lowest BCUT2D eigenvalue weighted by molar-refractivity contribution is 0.186. The van der Waals surface area contributed by atoms with Gasteiger partial charge in [-0.05, 0) is 19.1 Å². The molecule has 0 saturated carbocycles. The van der Waals surface area contributed by atoms with Crippen LogP contribution in [-0.2, 0) is 11.3 Å². The summed E-state index contributed by atoms with van der Waals surface area (Å²) < 4.78 is 6.61. The van der Waals surface area contributed by atoms with Gasteiger partial charge in [0.25, 0.3) is 5.56 Å². The molecule has 0 aromatic carbocycles. The Labute approximate surface area is 115 Å². The van der Waals surface area contributed by atoms with E-state index >= 15 is 0 Å². The minimum atomic E-state index is -0.0706. The predicted octanol–water partition coefficient (Wildman–Crippen LogP) is 1.45. The number of nitrogens with zero attached hydrogens (tertiary/aromatic N) is 3. The molecular formula is C12H16N4O2S. The van der Waals surface area contributed by atoms with Crippen molar-refractivity contribution in [3.8, 4) is 10.6 Å². The van der Waals surface area contributed by atoms with Gasteiger partial charge in [0.2, 0.25) is 5.13 Å². The van der Waals surface area contributed by atoms with Crippen molar-refractivity contribution in [2.75, 3.05) is 25.6 Å². The van der Waals surface area contributed by atoms with Gasteiger partial charge in [-0.25, -0.2) is 0 Å². The van der Waals surface area contributed by atoms with Gasteiger partial charge in [-0.15, -0.1) is 10.2 Å². The average Bonchev–Trinajstić information content (AvgIpc) is 2.86. The molecule has 102 valence electrons. The Morgan fingerprint density at radius 3 is 3.05 bits per heavy atom. The fourth-order valence-corrected chi connectivity index (χ4v) is 2.45. The highest BCUT2D eigenvalue weighted by Gasteiger charge is 2.11. The first-order valence-electron chi connectivity index (χ1n) is 6.02. The molecule has 19 heavy (non-hydrogen) atoms. The molecule has 0 atom stereocenters. The van der Waals surface area contributed by atoms with Crippen LogP contribution in [0, 0.1) is 0 Å². The summed E-state index contributed by atoms with van der Waals surface area (Å²) in [6, 6.07) is 3.60. The Hall–Kier alpha value is -1.73. The van der Waals surface area contributed by atoms with Crippen LogP contribution < -0.4 is 10.9 Å². The molecule has 0 unspecified atom stereocenters. The number of ether oxygens (including phenoxy) is 1. The van der Waals surface area contributed by atoms with Crippen LogP contribution in [0.2, 0.25) is 0 Å². The first-order valence-corrected chi connectivity index (χ1v) is 6.84. The number of nitrogens with one attached hydrogen (secondary N) is 1. The molecule has 2 heterocycles. The Morgan fingerprint density at radius 2 is 2.32 bits per heavy atom. The molecular weight excluding hydrogens is 264 g/mol. The standard InChI is InChI=1S/C12H16N4O2S/c1-3-13-12-15-14-10(19-12)9-5-4-6-16(11(9)17)7-8-18-2/h4-6H,3,7-8H2,1-2H3,(H,13,15). The SMILES string of the molecule is CCNc1nnc(-c2cccn(CCOC)c2=O)s1. The summed E-state index contributed by atoms with van der Waals surface area (Å²) in [4.78, 5) is 12.3. The summed E-state index contributed by atoms with van der Waals surface area (Å²) in [6.45, 7) is 3.80. The largest absolute Gasteiger partial charge is 0.383 e. The lowest BCUT2D eigenvalue weighted by atomic mass is 10.3. The first kappa shape index (κ1) is 13.7. The highest BCUT2D eigenvalue weighted by atomic mass is 32.1. The van der Waals surface area contributed by atoms with Crippen molar-refractivity contribution in [1.82, 2.24) is 14.8 Å². The van der Waals surface area contributed by atoms with Crippen LogP contribution in [0.1, 0.15) is 6.92 Å². The van der Waals surface area contributed by atoms with E-state index in [1.54, 1.807) is 23.9 Å². The van der Waals surface area contributed by atoms with Gasteiger partial charge >= 0.3 is 0 Å². The molecule has 0 amide bonds. The van der Waals surface area contributed by atoms with Crippen molar-refractivity contribution >= 4 is 16.5 Å². The zero-order chi connectivity index (χ0) is 13.7. The zero-order valence-electron chi connectivity index (χ0n) is 10.9. The second kappa shape index (κ2) is 6.44. The molecule has 0 aliphatic heterocycles. The summed E-state index contributed by atoms with van der Waals surface area (Å²) in [6.07, 6.45) is 1.75. The Morgan fingerprint density at radius 1 is 1.47 bits per heavy atom. The van der Waals surface area contributed by atoms with Gasteiger partial charge in [-0.1, -0.05) is 11.3 Å². The monoisotopic (exact) mass is 280 g/mol. The number of rotatable bonds is 6. The molecule has 6 nitrogen and oxygen atoms in total. The van der Waals surface area contributed by atoms with E-state index in [1.165, 1.54) is 11.3 Å². The third kappa shape index (κ3) is 3.18. The Balaban J connectivity index is 2.30. The third-order valence-corrected chi connectivity index (χ3v) is 3.45. The van der Waals surface area contributed by atoms with Crippen LogP contribution in [0.5, 0.6) is 0 Å². The fourth-order valence-electron chi connectivity index (χ4n) is 1.62. The van der Waals surface area contributed by atoms with Crippen molar-refractivity contribution in [3.63, 3.8) is 0 Å². The quantitative estimate of drug-likeness (QED) is 0.867. The van der Waals surface area contributed by atoms with Crippen molar-refractivity contribution in [3.05, 3.63) is 28.7 Å². The molecule has 7 heteroatoms. The molecule has 0 bridgehead atoms. The number of methoxy groups -OCH3 is 1. The third-order valence-electron chi connectivity index (χ3n) is 2.54. The number of hydrogen-bond acceptors (Lipinski definition) is 6. The van der Waals surface area contributed by atoms with Gasteiger partial charge < -0.3 is 14.6 Å². The van der Waals surface area contributed by atoms with E-state index in [-0.39, 0.29) is 5.56 Å². The summed E-state index contributed by atoms with van der Waals surface area (Å²) in [7, 11) is 1.61. The van der Waals surface area contributed by atoms with Crippen molar-refractivity contribution in [2.45, 2.75) is 13.5 Å². The number of hydrogen-bond donors (Lipinski definition) is 1. The van der Waals surface area contributed by atoms with E-state index in [0.717, 1.165) is 11.7 Å². The van der Waals surface area contributed by atoms with Crippen LogP contribution in [0.4, 0.5) is 5.13 Å². The van der Waals surface area contributed by atoms with Crippen molar-refractivity contribution < 1.29 is 4.74 Å². The number of aromatic nitrogens is 3. The molecule has 0 aliphatic rings. The summed E-state index contributed by atoms with van der Waals surface area (Å²) in [5.74, 6) is 0.